The third-order valence-corrected chi connectivity index (χ3v) is 5.54. The number of halogens is 2. The van der Waals surface area contributed by atoms with E-state index in [2.05, 4.69) is 0 Å². The van der Waals surface area contributed by atoms with Crippen LogP contribution in [0.3, 0.4) is 0 Å². The first kappa shape index (κ1) is 21.2. The summed E-state index contributed by atoms with van der Waals surface area (Å²) in [5.74, 6) is 0. The molecule has 6 atom stereocenters. The molecule has 7 heteroatoms. The molecule has 1 heterocycles. The van der Waals surface area contributed by atoms with Crippen LogP contribution in [0.15, 0.2) is 42.5 Å². The van der Waals surface area contributed by atoms with Crippen molar-refractivity contribution in [3.63, 3.8) is 0 Å². The molecule has 0 radical (unpaired) electrons. The van der Waals surface area contributed by atoms with Crippen molar-refractivity contribution in [3.8, 4) is 0 Å². The second-order valence-corrected chi connectivity index (χ2v) is 7.40. The van der Waals surface area contributed by atoms with Gasteiger partial charge in [-0.15, -0.1) is 0 Å². The molecular weight excluding hydrogens is 387 g/mol. The van der Waals surface area contributed by atoms with Crippen molar-refractivity contribution >= 4 is 11.6 Å². The summed E-state index contributed by atoms with van der Waals surface area (Å²) in [4.78, 5) is 0. The summed E-state index contributed by atoms with van der Waals surface area (Å²) in [5.41, 5.74) is 2.15. The van der Waals surface area contributed by atoms with Gasteiger partial charge in [0.05, 0.1) is 6.61 Å². The standard InChI is InChI=1S/C21H24ClFO5/c1-2-11-3-5-12(6-4-11)17(23)14-9-13(7-8-15(14)22)21-20(27)19(26)18(25)16(10-24)28-21/h3-9,16-21,24-27H,2,10H2,1H3. The summed E-state index contributed by atoms with van der Waals surface area (Å²) in [5, 5.41) is 39.8. The summed E-state index contributed by atoms with van der Waals surface area (Å²) in [6, 6.07) is 11.7. The fourth-order valence-electron chi connectivity index (χ4n) is 3.41. The van der Waals surface area contributed by atoms with Crippen LogP contribution in [0.4, 0.5) is 4.39 Å². The van der Waals surface area contributed by atoms with Crippen LogP contribution in [0.1, 0.15) is 41.5 Å². The van der Waals surface area contributed by atoms with Crippen LogP contribution in [0, 0.1) is 0 Å². The highest BCUT2D eigenvalue weighted by Crippen LogP contribution is 2.37. The first-order valence-corrected chi connectivity index (χ1v) is 9.58. The molecule has 1 saturated heterocycles. The Balaban J connectivity index is 1.92. The van der Waals surface area contributed by atoms with Gasteiger partial charge in [-0.2, -0.15) is 0 Å². The molecule has 0 amide bonds. The van der Waals surface area contributed by atoms with E-state index in [0.717, 1.165) is 12.0 Å². The lowest BCUT2D eigenvalue weighted by molar-refractivity contribution is -0.231. The summed E-state index contributed by atoms with van der Waals surface area (Å²) in [6.07, 6.45) is -7.10. The monoisotopic (exact) mass is 410 g/mol. The van der Waals surface area contributed by atoms with Gasteiger partial charge in [0.15, 0.2) is 6.17 Å². The zero-order valence-electron chi connectivity index (χ0n) is 15.4. The van der Waals surface area contributed by atoms with Crippen LogP contribution in [0.25, 0.3) is 0 Å². The Bertz CT molecular complexity index is 798. The average Bonchev–Trinajstić information content (AvgIpc) is 2.72. The van der Waals surface area contributed by atoms with Crippen molar-refractivity contribution in [2.45, 2.75) is 50.0 Å². The van der Waals surface area contributed by atoms with Crippen molar-refractivity contribution in [2.24, 2.45) is 0 Å². The molecule has 4 N–H and O–H groups in total. The number of ether oxygens (including phenoxy) is 1. The molecule has 0 saturated carbocycles. The van der Waals surface area contributed by atoms with Gasteiger partial charge in [-0.3, -0.25) is 0 Å². The minimum Gasteiger partial charge on any atom is -0.394 e. The first-order chi connectivity index (χ1) is 13.4. The SMILES string of the molecule is CCc1ccc(C(F)c2cc(C3OC(CO)C(O)C(O)C3O)ccc2Cl)cc1. The van der Waals surface area contributed by atoms with Gasteiger partial charge in [-0.1, -0.05) is 48.9 Å². The summed E-state index contributed by atoms with van der Waals surface area (Å²) < 4.78 is 20.7. The van der Waals surface area contributed by atoms with Crippen molar-refractivity contribution in [1.82, 2.24) is 0 Å². The number of benzene rings is 2. The Labute approximate surface area is 168 Å². The predicted octanol–water partition coefficient (Wildman–Crippen LogP) is 2.48. The van der Waals surface area contributed by atoms with Crippen molar-refractivity contribution in [3.05, 3.63) is 69.7 Å². The number of hydrogen-bond acceptors (Lipinski definition) is 5. The van der Waals surface area contributed by atoms with Gasteiger partial charge in [0.2, 0.25) is 0 Å². The molecule has 0 aliphatic carbocycles. The molecule has 152 valence electrons. The van der Waals surface area contributed by atoms with Gasteiger partial charge in [0.1, 0.15) is 30.5 Å². The molecule has 5 nitrogen and oxygen atoms in total. The summed E-state index contributed by atoms with van der Waals surface area (Å²) in [7, 11) is 0. The maximum Gasteiger partial charge on any atom is 0.152 e. The second-order valence-electron chi connectivity index (χ2n) is 6.99. The topological polar surface area (TPSA) is 90.2 Å². The van der Waals surface area contributed by atoms with Gasteiger partial charge < -0.3 is 25.2 Å². The number of alkyl halides is 1. The number of hydrogen-bond donors (Lipinski definition) is 4. The highest BCUT2D eigenvalue weighted by molar-refractivity contribution is 6.31. The molecule has 0 bridgehead atoms. The molecular formula is C21H24ClFO5. The lowest BCUT2D eigenvalue weighted by atomic mass is 9.90. The van der Waals surface area contributed by atoms with E-state index in [9.17, 15) is 20.4 Å². The number of aliphatic hydroxyl groups is 4. The van der Waals surface area contributed by atoms with Crippen LogP contribution in [-0.4, -0.2) is 51.4 Å². The third kappa shape index (κ3) is 4.08. The highest BCUT2D eigenvalue weighted by Gasteiger charge is 2.44. The summed E-state index contributed by atoms with van der Waals surface area (Å²) >= 11 is 6.21. The van der Waals surface area contributed by atoms with Gasteiger partial charge in [-0.25, -0.2) is 4.39 Å². The quantitative estimate of drug-likeness (QED) is 0.608. The summed E-state index contributed by atoms with van der Waals surface area (Å²) in [6.45, 7) is 1.49. The molecule has 2 aromatic rings. The number of aryl methyl sites for hydroxylation is 1. The zero-order chi connectivity index (χ0) is 20.4. The van der Waals surface area contributed by atoms with Crippen molar-refractivity contribution in [1.29, 1.82) is 0 Å². The van der Waals surface area contributed by atoms with E-state index in [1.807, 2.05) is 19.1 Å². The molecule has 6 unspecified atom stereocenters. The average molecular weight is 411 g/mol. The van der Waals surface area contributed by atoms with Crippen LogP contribution < -0.4 is 0 Å². The highest BCUT2D eigenvalue weighted by atomic mass is 35.5. The first-order valence-electron chi connectivity index (χ1n) is 9.20. The van der Waals surface area contributed by atoms with Crippen molar-refractivity contribution in [2.75, 3.05) is 6.61 Å². The van der Waals surface area contributed by atoms with Gasteiger partial charge in [0, 0.05) is 10.6 Å². The molecule has 0 aromatic heterocycles. The second kappa shape index (κ2) is 8.86. The van der Waals surface area contributed by atoms with E-state index in [0.29, 0.717) is 11.1 Å². The molecule has 1 aliphatic rings. The Morgan fingerprint density at radius 3 is 2.32 bits per heavy atom. The Kier molecular flexibility index (Phi) is 6.70. The lowest BCUT2D eigenvalue weighted by Gasteiger charge is -2.40. The van der Waals surface area contributed by atoms with E-state index in [1.54, 1.807) is 18.2 Å². The van der Waals surface area contributed by atoms with Crippen LogP contribution in [-0.2, 0) is 11.2 Å². The Hall–Kier alpha value is -1.54. The fraction of sp³-hybridized carbons (Fsp3) is 0.429. The molecule has 1 aliphatic heterocycles. The minimum atomic E-state index is -1.50. The van der Waals surface area contributed by atoms with E-state index >= 15 is 4.39 Å². The van der Waals surface area contributed by atoms with Crippen LogP contribution in [0.5, 0.6) is 0 Å². The molecule has 0 spiro atoms. The number of aliphatic hydroxyl groups excluding tert-OH is 4. The van der Waals surface area contributed by atoms with E-state index in [1.165, 1.54) is 12.1 Å². The molecule has 1 fully saturated rings. The van der Waals surface area contributed by atoms with Gasteiger partial charge in [-0.05, 0) is 35.2 Å². The minimum absolute atomic E-state index is 0.209. The van der Waals surface area contributed by atoms with Crippen LogP contribution >= 0.6 is 11.6 Å². The van der Waals surface area contributed by atoms with Crippen molar-refractivity contribution < 1.29 is 29.6 Å². The van der Waals surface area contributed by atoms with Gasteiger partial charge in [0.25, 0.3) is 0 Å². The molecule has 3 rings (SSSR count). The van der Waals surface area contributed by atoms with E-state index < -0.39 is 43.3 Å². The zero-order valence-corrected chi connectivity index (χ0v) is 16.1. The van der Waals surface area contributed by atoms with E-state index in [-0.39, 0.29) is 10.6 Å². The Morgan fingerprint density at radius 2 is 1.71 bits per heavy atom. The van der Waals surface area contributed by atoms with Gasteiger partial charge >= 0.3 is 0 Å². The molecule has 2 aromatic carbocycles. The normalized spacial score (nSPS) is 28.9. The smallest absolute Gasteiger partial charge is 0.152 e. The van der Waals surface area contributed by atoms with Crippen LogP contribution in [0.2, 0.25) is 5.02 Å². The maximum absolute atomic E-state index is 15.2. The largest absolute Gasteiger partial charge is 0.394 e. The fourth-order valence-corrected chi connectivity index (χ4v) is 3.63. The lowest BCUT2D eigenvalue weighted by Crippen LogP contribution is -2.55. The predicted molar refractivity (Wildman–Crippen MR) is 103 cm³/mol. The number of rotatable bonds is 5. The maximum atomic E-state index is 15.2. The molecule has 28 heavy (non-hydrogen) atoms. The Morgan fingerprint density at radius 1 is 1.04 bits per heavy atom. The third-order valence-electron chi connectivity index (χ3n) is 5.19. The van der Waals surface area contributed by atoms with E-state index in [4.69, 9.17) is 16.3 Å².